The van der Waals surface area contributed by atoms with E-state index in [9.17, 15) is 21.6 Å². The summed E-state index contributed by atoms with van der Waals surface area (Å²) in [7, 11) is -7.75. The fraction of sp³-hybridized carbons (Fsp3) is 0.316. The van der Waals surface area contributed by atoms with Crippen LogP contribution in [0.2, 0.25) is 0 Å². The van der Waals surface area contributed by atoms with Crippen molar-refractivity contribution in [2.75, 3.05) is 21.4 Å². The van der Waals surface area contributed by atoms with Gasteiger partial charge in [-0.1, -0.05) is 12.1 Å². The molecule has 3 rings (SSSR count). The summed E-state index contributed by atoms with van der Waals surface area (Å²) in [4.78, 5) is 12.4. The van der Waals surface area contributed by atoms with Crippen molar-refractivity contribution in [1.29, 1.82) is 0 Å². The monoisotopic (exact) mass is 438 g/mol. The van der Waals surface area contributed by atoms with Crippen molar-refractivity contribution in [2.45, 2.75) is 25.7 Å². The van der Waals surface area contributed by atoms with Crippen LogP contribution in [-0.2, 0) is 24.8 Å². The number of anilines is 2. The van der Waals surface area contributed by atoms with Gasteiger partial charge in [0.15, 0.2) is 0 Å². The lowest BCUT2D eigenvalue weighted by Gasteiger charge is -2.18. The van der Waals surface area contributed by atoms with Crippen molar-refractivity contribution in [1.82, 2.24) is 0 Å². The van der Waals surface area contributed by atoms with Crippen molar-refractivity contribution in [2.24, 2.45) is 5.41 Å². The van der Waals surface area contributed by atoms with Crippen LogP contribution in [-0.4, -0.2) is 35.1 Å². The van der Waals surface area contributed by atoms with E-state index in [-0.39, 0.29) is 22.0 Å². The summed E-state index contributed by atoms with van der Waals surface area (Å²) in [5.74, 6) is -0.447. The Morgan fingerprint density at radius 3 is 2.28 bits per heavy atom. The zero-order valence-corrected chi connectivity index (χ0v) is 17.9. The summed E-state index contributed by atoms with van der Waals surface area (Å²) in [6.07, 6.45) is 0. The van der Waals surface area contributed by atoms with Gasteiger partial charge in [-0.15, -0.1) is 0 Å². The molecule has 0 bridgehead atoms. The molecular formula is C19H22N2O6S2. The molecule has 1 heterocycles. The first-order valence-corrected chi connectivity index (χ1v) is 12.0. The van der Waals surface area contributed by atoms with E-state index < -0.39 is 31.4 Å². The molecule has 10 heteroatoms. The zero-order chi connectivity index (χ0) is 21.4. The van der Waals surface area contributed by atoms with Crippen LogP contribution >= 0.6 is 0 Å². The minimum Gasteiger partial charge on any atom is -0.492 e. The van der Waals surface area contributed by atoms with Crippen molar-refractivity contribution >= 4 is 37.3 Å². The first kappa shape index (κ1) is 21.1. The number of rotatable bonds is 6. The van der Waals surface area contributed by atoms with Crippen molar-refractivity contribution in [3.8, 4) is 5.75 Å². The second-order valence-electron chi connectivity index (χ2n) is 7.24. The molecule has 156 valence electrons. The molecule has 1 fully saturated rings. The molecule has 0 spiro atoms. The Kier molecular flexibility index (Phi) is 5.35. The highest BCUT2D eigenvalue weighted by molar-refractivity contribution is 7.94. The van der Waals surface area contributed by atoms with Crippen LogP contribution in [0, 0.1) is 5.41 Å². The van der Waals surface area contributed by atoms with E-state index in [1.165, 1.54) is 24.3 Å². The van der Waals surface area contributed by atoms with Crippen LogP contribution in [0.25, 0.3) is 0 Å². The van der Waals surface area contributed by atoms with Crippen LogP contribution in [0.1, 0.15) is 20.8 Å². The van der Waals surface area contributed by atoms with Crippen LogP contribution in [0.4, 0.5) is 11.4 Å². The smallest absolute Gasteiger partial charge is 0.262 e. The van der Waals surface area contributed by atoms with Gasteiger partial charge in [0, 0.05) is 0 Å². The number of benzene rings is 2. The number of ether oxygens (including phenoxy) is 1. The van der Waals surface area contributed by atoms with Gasteiger partial charge in [-0.25, -0.2) is 21.1 Å². The molecule has 0 atom stereocenters. The molecule has 0 aliphatic carbocycles. The van der Waals surface area contributed by atoms with Gasteiger partial charge in [-0.05, 0) is 57.2 Å². The van der Waals surface area contributed by atoms with Gasteiger partial charge in [0.1, 0.15) is 5.75 Å². The highest BCUT2D eigenvalue weighted by atomic mass is 32.2. The quantitative estimate of drug-likeness (QED) is 0.742. The number of amides is 1. The molecule has 0 aromatic heterocycles. The third-order valence-electron chi connectivity index (χ3n) is 4.40. The van der Waals surface area contributed by atoms with Crippen LogP contribution < -0.4 is 13.8 Å². The summed E-state index contributed by atoms with van der Waals surface area (Å²) in [6, 6.07) is 11.8. The van der Waals surface area contributed by atoms with E-state index >= 15 is 0 Å². The summed E-state index contributed by atoms with van der Waals surface area (Å²) in [5, 5.41) is 0. The number of carbonyl (C=O) groups is 1. The molecule has 1 N–H and O–H groups in total. The zero-order valence-electron chi connectivity index (χ0n) is 16.2. The fourth-order valence-electron chi connectivity index (χ4n) is 3.06. The predicted octanol–water partition coefficient (Wildman–Crippen LogP) is 2.59. The first-order valence-electron chi connectivity index (χ1n) is 8.90. The maximum Gasteiger partial charge on any atom is 0.262 e. The molecule has 2 aromatic carbocycles. The molecule has 0 radical (unpaired) electrons. The number of hydrogen-bond acceptors (Lipinski definition) is 6. The average molecular weight is 439 g/mol. The third-order valence-corrected chi connectivity index (χ3v) is 7.80. The summed E-state index contributed by atoms with van der Waals surface area (Å²) >= 11 is 0. The molecular weight excluding hydrogens is 416 g/mol. The Morgan fingerprint density at radius 2 is 1.72 bits per heavy atom. The van der Waals surface area contributed by atoms with E-state index in [1.807, 2.05) is 0 Å². The molecule has 1 aliphatic rings. The number of nitrogens with zero attached hydrogens (tertiary/aromatic N) is 1. The topological polar surface area (TPSA) is 110 Å². The van der Waals surface area contributed by atoms with Crippen molar-refractivity contribution in [3.05, 3.63) is 48.5 Å². The summed E-state index contributed by atoms with van der Waals surface area (Å²) < 4.78 is 58.8. The minimum absolute atomic E-state index is 0.0733. The van der Waals surface area contributed by atoms with E-state index in [1.54, 1.807) is 45.0 Å². The van der Waals surface area contributed by atoms with E-state index in [0.29, 0.717) is 12.4 Å². The molecule has 29 heavy (non-hydrogen) atoms. The lowest BCUT2D eigenvalue weighted by molar-refractivity contribution is -0.123. The first-order chi connectivity index (χ1) is 13.5. The molecule has 0 unspecified atom stereocenters. The van der Waals surface area contributed by atoms with Gasteiger partial charge in [-0.2, -0.15) is 0 Å². The van der Waals surface area contributed by atoms with Gasteiger partial charge >= 0.3 is 0 Å². The number of nitrogens with one attached hydrogen (secondary N) is 1. The highest BCUT2D eigenvalue weighted by Gasteiger charge is 2.49. The predicted molar refractivity (Wildman–Crippen MR) is 110 cm³/mol. The Balaban J connectivity index is 1.90. The largest absolute Gasteiger partial charge is 0.492 e. The van der Waals surface area contributed by atoms with E-state index in [2.05, 4.69) is 4.72 Å². The number of carbonyl (C=O) groups excluding carboxylic acids is 1. The number of sulfonamides is 2. The molecule has 0 saturated carbocycles. The summed E-state index contributed by atoms with van der Waals surface area (Å²) in [5.41, 5.74) is -0.638. The van der Waals surface area contributed by atoms with Gasteiger partial charge in [0.05, 0.1) is 34.0 Å². The van der Waals surface area contributed by atoms with Gasteiger partial charge in [0.2, 0.25) is 15.9 Å². The van der Waals surface area contributed by atoms with Crippen LogP contribution in [0.15, 0.2) is 53.4 Å². The Morgan fingerprint density at radius 1 is 1.10 bits per heavy atom. The van der Waals surface area contributed by atoms with Gasteiger partial charge in [-0.3, -0.25) is 9.52 Å². The molecule has 8 nitrogen and oxygen atoms in total. The Hall–Kier alpha value is -2.59. The Labute approximate surface area is 170 Å². The molecule has 1 aliphatic heterocycles. The normalized spacial score (nSPS) is 17.9. The fourth-order valence-corrected chi connectivity index (χ4v) is 6.24. The Bertz CT molecular complexity index is 1140. The molecule has 2 aromatic rings. The maximum absolute atomic E-state index is 12.7. The minimum atomic E-state index is -3.94. The van der Waals surface area contributed by atoms with Crippen LogP contribution in [0.5, 0.6) is 5.75 Å². The molecule has 1 amide bonds. The second kappa shape index (κ2) is 7.34. The van der Waals surface area contributed by atoms with E-state index in [0.717, 1.165) is 4.31 Å². The summed E-state index contributed by atoms with van der Waals surface area (Å²) in [6.45, 7) is 5.29. The lowest BCUT2D eigenvalue weighted by Crippen LogP contribution is -2.32. The van der Waals surface area contributed by atoms with Gasteiger partial charge < -0.3 is 4.74 Å². The number of hydrogen-bond donors (Lipinski definition) is 1. The van der Waals surface area contributed by atoms with Crippen molar-refractivity contribution in [3.63, 3.8) is 0 Å². The van der Waals surface area contributed by atoms with Gasteiger partial charge in [0.25, 0.3) is 10.0 Å². The van der Waals surface area contributed by atoms with Crippen LogP contribution in [0.3, 0.4) is 0 Å². The van der Waals surface area contributed by atoms with E-state index in [4.69, 9.17) is 4.74 Å². The van der Waals surface area contributed by atoms with Crippen molar-refractivity contribution < 1.29 is 26.4 Å². The maximum atomic E-state index is 12.7. The second-order valence-corrected chi connectivity index (χ2v) is 10.7. The number of para-hydroxylation sites is 2. The SMILES string of the molecule is CCOc1ccccc1NS(=O)(=O)c1ccc(N2C(=O)C(C)(C)CS2(=O)=O)cc1. The standard InChI is InChI=1S/C19H22N2O6S2/c1-4-27-17-8-6-5-7-16(17)20-29(25,26)15-11-9-14(10-12-15)21-18(22)19(2,3)13-28(21,23)24/h5-12,20H,4,13H2,1-3H3. The lowest BCUT2D eigenvalue weighted by atomic mass is 9.95. The third kappa shape index (κ3) is 4.08. The average Bonchev–Trinajstić information content (AvgIpc) is 2.79. The molecule has 1 saturated heterocycles. The highest BCUT2D eigenvalue weighted by Crippen LogP contribution is 2.36.